The zero-order valence-electron chi connectivity index (χ0n) is 11.3. The molecule has 100 valence electrons. The van der Waals surface area contributed by atoms with E-state index < -0.39 is 5.41 Å². The standard InChI is InChI=1S/C17H20O2/c1-2-10-19-16(18)17(14-6-4-3-5-7-14)12-13-8-9-15(17)11-13/h3-9,13,15H,2,10-12H2,1H3. The van der Waals surface area contributed by atoms with Crippen molar-refractivity contribution in [3.05, 3.63) is 48.0 Å². The molecule has 0 heterocycles. The van der Waals surface area contributed by atoms with Gasteiger partial charge in [0.15, 0.2) is 0 Å². The van der Waals surface area contributed by atoms with Gasteiger partial charge in [-0.15, -0.1) is 0 Å². The first kappa shape index (κ1) is 12.5. The van der Waals surface area contributed by atoms with Gasteiger partial charge in [0.2, 0.25) is 0 Å². The van der Waals surface area contributed by atoms with Crippen LogP contribution in [0.4, 0.5) is 0 Å². The van der Waals surface area contributed by atoms with Crippen molar-refractivity contribution in [1.29, 1.82) is 0 Å². The quantitative estimate of drug-likeness (QED) is 0.609. The summed E-state index contributed by atoms with van der Waals surface area (Å²) in [5, 5.41) is 0. The lowest BCUT2D eigenvalue weighted by atomic mass is 9.70. The molecule has 1 fully saturated rings. The molecule has 3 unspecified atom stereocenters. The second-order valence-corrected chi connectivity index (χ2v) is 5.66. The highest BCUT2D eigenvalue weighted by Gasteiger charge is 2.55. The number of benzene rings is 1. The van der Waals surface area contributed by atoms with E-state index in [0.29, 0.717) is 18.4 Å². The first-order valence-electron chi connectivity index (χ1n) is 7.18. The second-order valence-electron chi connectivity index (χ2n) is 5.66. The van der Waals surface area contributed by atoms with Crippen LogP contribution in [0.1, 0.15) is 31.7 Å². The van der Waals surface area contributed by atoms with Crippen molar-refractivity contribution >= 4 is 5.97 Å². The Balaban J connectivity index is 1.98. The minimum absolute atomic E-state index is 0.0302. The van der Waals surface area contributed by atoms with Crippen molar-refractivity contribution in [3.8, 4) is 0 Å². The minimum atomic E-state index is -0.435. The normalized spacial score (nSPS) is 31.6. The van der Waals surface area contributed by atoms with Crippen molar-refractivity contribution in [1.82, 2.24) is 0 Å². The summed E-state index contributed by atoms with van der Waals surface area (Å²) >= 11 is 0. The molecule has 1 aromatic rings. The third-order valence-corrected chi connectivity index (χ3v) is 4.48. The summed E-state index contributed by atoms with van der Waals surface area (Å²) in [7, 11) is 0. The lowest BCUT2D eigenvalue weighted by Gasteiger charge is -2.33. The summed E-state index contributed by atoms with van der Waals surface area (Å²) in [6.45, 7) is 2.55. The van der Waals surface area contributed by atoms with E-state index in [1.54, 1.807) is 0 Å². The van der Waals surface area contributed by atoms with E-state index in [1.807, 2.05) is 25.1 Å². The molecule has 2 aliphatic rings. The fourth-order valence-electron chi connectivity index (χ4n) is 3.60. The molecule has 0 amide bonds. The molecule has 3 atom stereocenters. The number of hydrogen-bond donors (Lipinski definition) is 0. The number of carbonyl (C=O) groups is 1. The Bertz CT molecular complexity index is 491. The van der Waals surface area contributed by atoms with Gasteiger partial charge in [-0.2, -0.15) is 0 Å². The summed E-state index contributed by atoms with van der Waals surface area (Å²) in [5.74, 6) is 0.820. The Morgan fingerprint density at radius 2 is 2.11 bits per heavy atom. The van der Waals surface area contributed by atoms with E-state index in [-0.39, 0.29) is 5.97 Å². The lowest BCUT2D eigenvalue weighted by molar-refractivity contribution is -0.152. The largest absolute Gasteiger partial charge is 0.465 e. The molecule has 0 aromatic heterocycles. The average molecular weight is 256 g/mol. The molecule has 0 saturated heterocycles. The SMILES string of the molecule is CCCOC(=O)C1(c2ccccc2)CC2C=CC1C2. The molecule has 3 rings (SSSR count). The van der Waals surface area contributed by atoms with E-state index in [4.69, 9.17) is 4.74 Å². The molecular formula is C17H20O2. The van der Waals surface area contributed by atoms with Crippen LogP contribution < -0.4 is 0 Å². The molecule has 1 aromatic carbocycles. The number of rotatable bonds is 4. The van der Waals surface area contributed by atoms with Crippen LogP contribution in [0.25, 0.3) is 0 Å². The maximum atomic E-state index is 12.7. The van der Waals surface area contributed by atoms with Crippen LogP contribution in [0.5, 0.6) is 0 Å². The number of carbonyl (C=O) groups excluding carboxylic acids is 1. The van der Waals surface area contributed by atoms with Crippen molar-refractivity contribution in [2.24, 2.45) is 11.8 Å². The fourth-order valence-corrected chi connectivity index (χ4v) is 3.60. The number of hydrogen-bond acceptors (Lipinski definition) is 2. The smallest absolute Gasteiger partial charge is 0.317 e. The lowest BCUT2D eigenvalue weighted by Crippen LogP contribution is -2.41. The van der Waals surface area contributed by atoms with E-state index in [2.05, 4.69) is 24.3 Å². The fraction of sp³-hybridized carbons (Fsp3) is 0.471. The van der Waals surface area contributed by atoms with Gasteiger partial charge in [-0.05, 0) is 36.7 Å². The Labute approximate surface area is 114 Å². The number of fused-ring (bicyclic) bond motifs is 2. The molecule has 19 heavy (non-hydrogen) atoms. The van der Waals surface area contributed by atoms with E-state index in [0.717, 1.165) is 24.8 Å². The Kier molecular flexibility index (Phi) is 3.17. The van der Waals surface area contributed by atoms with Crippen molar-refractivity contribution < 1.29 is 9.53 Å². The van der Waals surface area contributed by atoms with Crippen LogP contribution in [0.2, 0.25) is 0 Å². The van der Waals surface area contributed by atoms with Gasteiger partial charge in [-0.25, -0.2) is 0 Å². The van der Waals surface area contributed by atoms with E-state index in [9.17, 15) is 4.79 Å². The maximum absolute atomic E-state index is 12.7. The van der Waals surface area contributed by atoms with Crippen LogP contribution in [-0.4, -0.2) is 12.6 Å². The zero-order valence-corrected chi connectivity index (χ0v) is 11.3. The minimum Gasteiger partial charge on any atom is -0.465 e. The first-order valence-corrected chi connectivity index (χ1v) is 7.18. The van der Waals surface area contributed by atoms with E-state index >= 15 is 0 Å². The molecule has 0 spiro atoms. The summed E-state index contributed by atoms with van der Waals surface area (Å²) in [5.41, 5.74) is 0.684. The van der Waals surface area contributed by atoms with Crippen molar-refractivity contribution in [2.75, 3.05) is 6.61 Å². The van der Waals surface area contributed by atoms with Gasteiger partial charge < -0.3 is 4.74 Å². The third kappa shape index (κ3) is 1.90. The highest BCUT2D eigenvalue weighted by Crippen LogP contribution is 2.54. The highest BCUT2D eigenvalue weighted by atomic mass is 16.5. The van der Waals surface area contributed by atoms with Gasteiger partial charge in [-0.1, -0.05) is 49.4 Å². The van der Waals surface area contributed by atoms with Gasteiger partial charge in [0.05, 0.1) is 12.0 Å². The second kappa shape index (κ2) is 4.84. The van der Waals surface area contributed by atoms with Crippen molar-refractivity contribution in [3.63, 3.8) is 0 Å². The van der Waals surface area contributed by atoms with Gasteiger partial charge in [-0.3, -0.25) is 4.79 Å². The average Bonchev–Trinajstić information content (AvgIpc) is 3.07. The summed E-state index contributed by atoms with van der Waals surface area (Å²) in [4.78, 5) is 12.7. The van der Waals surface area contributed by atoms with Crippen LogP contribution in [0.3, 0.4) is 0 Å². The van der Waals surface area contributed by atoms with E-state index in [1.165, 1.54) is 0 Å². The maximum Gasteiger partial charge on any atom is 0.317 e. The number of allylic oxidation sites excluding steroid dienone is 2. The molecule has 0 N–H and O–H groups in total. The Hall–Kier alpha value is -1.57. The number of esters is 1. The molecule has 2 heteroatoms. The molecular weight excluding hydrogens is 236 g/mol. The summed E-state index contributed by atoms with van der Waals surface area (Å²) in [6.07, 6.45) is 7.35. The van der Waals surface area contributed by atoms with Crippen LogP contribution in [0, 0.1) is 11.8 Å². The van der Waals surface area contributed by atoms with Crippen LogP contribution >= 0.6 is 0 Å². The third-order valence-electron chi connectivity index (χ3n) is 4.48. The van der Waals surface area contributed by atoms with Crippen LogP contribution in [-0.2, 0) is 14.9 Å². The predicted molar refractivity (Wildman–Crippen MR) is 74.7 cm³/mol. The van der Waals surface area contributed by atoms with Gasteiger partial charge >= 0.3 is 5.97 Å². The van der Waals surface area contributed by atoms with Gasteiger partial charge in [0.25, 0.3) is 0 Å². The topological polar surface area (TPSA) is 26.3 Å². The van der Waals surface area contributed by atoms with Gasteiger partial charge in [0.1, 0.15) is 0 Å². The molecule has 2 aliphatic carbocycles. The Morgan fingerprint density at radius 3 is 2.68 bits per heavy atom. The molecule has 0 radical (unpaired) electrons. The zero-order chi connectivity index (χ0) is 13.3. The van der Waals surface area contributed by atoms with Crippen LogP contribution in [0.15, 0.2) is 42.5 Å². The predicted octanol–water partition coefficient (Wildman–Crippen LogP) is 3.47. The highest BCUT2D eigenvalue weighted by molar-refractivity contribution is 5.85. The molecule has 1 saturated carbocycles. The molecule has 0 aliphatic heterocycles. The molecule has 2 nitrogen and oxygen atoms in total. The van der Waals surface area contributed by atoms with Gasteiger partial charge in [0, 0.05) is 0 Å². The number of ether oxygens (including phenoxy) is 1. The summed E-state index contributed by atoms with van der Waals surface area (Å²) < 4.78 is 5.51. The monoisotopic (exact) mass is 256 g/mol. The van der Waals surface area contributed by atoms with Crippen molar-refractivity contribution in [2.45, 2.75) is 31.6 Å². The molecule has 2 bridgehead atoms. The summed E-state index contributed by atoms with van der Waals surface area (Å²) in [6, 6.07) is 10.2. The Morgan fingerprint density at radius 1 is 1.32 bits per heavy atom. The first-order chi connectivity index (χ1) is 9.27.